The SMILES string of the molecule is Cc1cccc(CNc2ccnc(Nc3ccc(N4CCC(C)CC4)cc3)n2)c1. The lowest BCUT2D eigenvalue weighted by molar-refractivity contribution is 0.438. The van der Waals surface area contributed by atoms with Crippen molar-refractivity contribution in [3.05, 3.63) is 71.9 Å². The van der Waals surface area contributed by atoms with Crippen molar-refractivity contribution in [3.8, 4) is 0 Å². The molecule has 5 heteroatoms. The fourth-order valence-electron chi connectivity index (χ4n) is 3.68. The molecule has 0 spiro atoms. The van der Waals surface area contributed by atoms with Crippen molar-refractivity contribution in [3.63, 3.8) is 0 Å². The van der Waals surface area contributed by atoms with Gasteiger partial charge in [-0.3, -0.25) is 0 Å². The summed E-state index contributed by atoms with van der Waals surface area (Å²) in [6.45, 7) is 7.47. The number of hydrogen-bond acceptors (Lipinski definition) is 5. The van der Waals surface area contributed by atoms with Crippen molar-refractivity contribution in [1.82, 2.24) is 9.97 Å². The van der Waals surface area contributed by atoms with Gasteiger partial charge in [0, 0.05) is 37.2 Å². The monoisotopic (exact) mass is 387 g/mol. The van der Waals surface area contributed by atoms with Gasteiger partial charge in [0.2, 0.25) is 5.95 Å². The first-order chi connectivity index (χ1) is 14.2. The number of anilines is 4. The number of aryl methyl sites for hydroxylation is 1. The van der Waals surface area contributed by atoms with E-state index in [1.54, 1.807) is 6.20 Å². The van der Waals surface area contributed by atoms with E-state index in [1.165, 1.54) is 29.7 Å². The summed E-state index contributed by atoms with van der Waals surface area (Å²) in [5, 5.41) is 6.68. The van der Waals surface area contributed by atoms with Crippen LogP contribution in [0.1, 0.15) is 30.9 Å². The van der Waals surface area contributed by atoms with Gasteiger partial charge in [-0.15, -0.1) is 0 Å². The van der Waals surface area contributed by atoms with Crippen molar-refractivity contribution in [2.75, 3.05) is 28.6 Å². The van der Waals surface area contributed by atoms with Gasteiger partial charge in [-0.1, -0.05) is 36.8 Å². The first kappa shape index (κ1) is 19.2. The molecule has 2 N–H and O–H groups in total. The smallest absolute Gasteiger partial charge is 0.229 e. The van der Waals surface area contributed by atoms with Gasteiger partial charge < -0.3 is 15.5 Å². The summed E-state index contributed by atoms with van der Waals surface area (Å²) in [6.07, 6.45) is 4.32. The second kappa shape index (κ2) is 8.95. The molecule has 1 aliphatic rings. The minimum absolute atomic E-state index is 0.596. The lowest BCUT2D eigenvalue weighted by atomic mass is 9.99. The summed E-state index contributed by atoms with van der Waals surface area (Å²) in [4.78, 5) is 11.4. The topological polar surface area (TPSA) is 53.1 Å². The van der Waals surface area contributed by atoms with Crippen LogP contribution >= 0.6 is 0 Å². The van der Waals surface area contributed by atoms with Gasteiger partial charge in [0.1, 0.15) is 5.82 Å². The maximum absolute atomic E-state index is 4.58. The third-order valence-corrected chi connectivity index (χ3v) is 5.48. The van der Waals surface area contributed by atoms with Crippen molar-refractivity contribution in [2.24, 2.45) is 5.92 Å². The Morgan fingerprint density at radius 2 is 1.83 bits per heavy atom. The number of benzene rings is 2. The Morgan fingerprint density at radius 1 is 1.03 bits per heavy atom. The molecule has 3 aromatic rings. The largest absolute Gasteiger partial charge is 0.372 e. The summed E-state index contributed by atoms with van der Waals surface area (Å²) in [5.41, 5.74) is 4.78. The molecular weight excluding hydrogens is 358 g/mol. The molecule has 1 aliphatic heterocycles. The van der Waals surface area contributed by atoms with E-state index in [0.717, 1.165) is 37.1 Å². The van der Waals surface area contributed by atoms with Crippen LogP contribution in [0.3, 0.4) is 0 Å². The number of hydrogen-bond donors (Lipinski definition) is 2. The zero-order valence-corrected chi connectivity index (χ0v) is 17.2. The fraction of sp³-hybridized carbons (Fsp3) is 0.333. The van der Waals surface area contributed by atoms with Crippen molar-refractivity contribution in [1.29, 1.82) is 0 Å². The van der Waals surface area contributed by atoms with E-state index in [-0.39, 0.29) is 0 Å². The molecule has 2 heterocycles. The molecule has 4 rings (SSSR count). The average molecular weight is 388 g/mol. The number of aromatic nitrogens is 2. The minimum atomic E-state index is 0.596. The fourth-order valence-corrected chi connectivity index (χ4v) is 3.68. The van der Waals surface area contributed by atoms with Crippen LogP contribution in [-0.2, 0) is 6.54 Å². The minimum Gasteiger partial charge on any atom is -0.372 e. The maximum Gasteiger partial charge on any atom is 0.229 e. The third kappa shape index (κ3) is 5.25. The molecular formula is C24H29N5. The Labute approximate surface area is 173 Å². The Bertz CT molecular complexity index is 930. The highest BCUT2D eigenvalue weighted by molar-refractivity contribution is 5.60. The lowest BCUT2D eigenvalue weighted by Crippen LogP contribution is -2.32. The molecule has 0 radical (unpaired) electrons. The van der Waals surface area contributed by atoms with Gasteiger partial charge >= 0.3 is 0 Å². The summed E-state index contributed by atoms with van der Waals surface area (Å²) in [7, 11) is 0. The van der Waals surface area contributed by atoms with E-state index in [4.69, 9.17) is 0 Å². The molecule has 1 aromatic heterocycles. The quantitative estimate of drug-likeness (QED) is 0.595. The lowest BCUT2D eigenvalue weighted by Gasteiger charge is -2.32. The van der Waals surface area contributed by atoms with Crippen LogP contribution in [0.15, 0.2) is 60.8 Å². The standard InChI is InChI=1S/C24H29N5/c1-18-11-14-29(15-12-18)22-8-6-21(7-9-22)27-24-25-13-10-23(28-24)26-17-20-5-3-4-19(2)16-20/h3-10,13,16,18H,11-12,14-15,17H2,1-2H3,(H2,25,26,27,28). The van der Waals surface area contributed by atoms with Crippen LogP contribution in [0.5, 0.6) is 0 Å². The number of rotatable bonds is 6. The Kier molecular flexibility index (Phi) is 5.94. The van der Waals surface area contributed by atoms with Gasteiger partial charge in [0.15, 0.2) is 0 Å². The normalized spacial score (nSPS) is 14.6. The average Bonchev–Trinajstić information content (AvgIpc) is 2.74. The van der Waals surface area contributed by atoms with E-state index in [2.05, 4.69) is 87.9 Å². The number of piperidine rings is 1. The van der Waals surface area contributed by atoms with Crippen LogP contribution in [0.4, 0.5) is 23.1 Å². The van der Waals surface area contributed by atoms with Crippen LogP contribution < -0.4 is 15.5 Å². The summed E-state index contributed by atoms with van der Waals surface area (Å²) in [5.74, 6) is 2.25. The van der Waals surface area contributed by atoms with Crippen molar-refractivity contribution < 1.29 is 0 Å². The molecule has 150 valence electrons. The maximum atomic E-state index is 4.58. The molecule has 0 unspecified atom stereocenters. The molecule has 1 saturated heterocycles. The van der Waals surface area contributed by atoms with Crippen molar-refractivity contribution >= 4 is 23.1 Å². The zero-order chi connectivity index (χ0) is 20.1. The van der Waals surface area contributed by atoms with Gasteiger partial charge in [-0.2, -0.15) is 4.98 Å². The first-order valence-electron chi connectivity index (χ1n) is 10.4. The Morgan fingerprint density at radius 3 is 2.59 bits per heavy atom. The second-order valence-corrected chi connectivity index (χ2v) is 7.95. The Balaban J connectivity index is 1.36. The van der Waals surface area contributed by atoms with Gasteiger partial charge in [0.25, 0.3) is 0 Å². The van der Waals surface area contributed by atoms with Crippen LogP contribution in [0, 0.1) is 12.8 Å². The van der Waals surface area contributed by atoms with Gasteiger partial charge in [-0.05, 0) is 61.6 Å². The summed E-state index contributed by atoms with van der Waals surface area (Å²) < 4.78 is 0. The highest BCUT2D eigenvalue weighted by Crippen LogP contribution is 2.25. The molecule has 0 aliphatic carbocycles. The molecule has 2 aromatic carbocycles. The summed E-state index contributed by atoms with van der Waals surface area (Å²) >= 11 is 0. The van der Waals surface area contributed by atoms with E-state index < -0.39 is 0 Å². The molecule has 1 fully saturated rings. The highest BCUT2D eigenvalue weighted by Gasteiger charge is 2.15. The zero-order valence-electron chi connectivity index (χ0n) is 17.2. The highest BCUT2D eigenvalue weighted by atomic mass is 15.1. The van der Waals surface area contributed by atoms with Crippen LogP contribution in [0.2, 0.25) is 0 Å². The van der Waals surface area contributed by atoms with Gasteiger partial charge in [-0.25, -0.2) is 4.98 Å². The van der Waals surface area contributed by atoms with E-state index in [1.807, 2.05) is 6.07 Å². The number of nitrogens with one attached hydrogen (secondary N) is 2. The Hall–Kier alpha value is -3.08. The van der Waals surface area contributed by atoms with Crippen molar-refractivity contribution in [2.45, 2.75) is 33.2 Å². The molecule has 0 amide bonds. The van der Waals surface area contributed by atoms with Gasteiger partial charge in [0.05, 0.1) is 0 Å². The van der Waals surface area contributed by atoms with Crippen LogP contribution in [0.25, 0.3) is 0 Å². The summed E-state index contributed by atoms with van der Waals surface area (Å²) in [6, 6.07) is 18.9. The molecule has 0 bridgehead atoms. The number of nitrogens with zero attached hydrogens (tertiary/aromatic N) is 3. The molecule has 0 saturated carbocycles. The predicted molar refractivity (Wildman–Crippen MR) is 121 cm³/mol. The van der Waals surface area contributed by atoms with E-state index in [9.17, 15) is 0 Å². The molecule has 29 heavy (non-hydrogen) atoms. The first-order valence-corrected chi connectivity index (χ1v) is 10.4. The molecule has 5 nitrogen and oxygen atoms in total. The third-order valence-electron chi connectivity index (χ3n) is 5.48. The van der Waals surface area contributed by atoms with Crippen LogP contribution in [-0.4, -0.2) is 23.1 Å². The van der Waals surface area contributed by atoms with E-state index >= 15 is 0 Å². The predicted octanol–water partition coefficient (Wildman–Crippen LogP) is 5.38. The van der Waals surface area contributed by atoms with E-state index in [0.29, 0.717) is 5.95 Å². The molecule has 0 atom stereocenters. The second-order valence-electron chi connectivity index (χ2n) is 7.95.